The summed E-state index contributed by atoms with van der Waals surface area (Å²) in [6.45, 7) is 3.63. The Morgan fingerprint density at radius 2 is 2.14 bits per heavy atom. The third-order valence-corrected chi connectivity index (χ3v) is 4.91. The second kappa shape index (κ2) is 3.12. The van der Waals surface area contributed by atoms with Crippen molar-refractivity contribution in [2.75, 3.05) is 0 Å². The molecule has 1 N–H and O–H groups in total. The molecule has 4 heteroatoms. The molecule has 0 aliphatic heterocycles. The van der Waals surface area contributed by atoms with Gasteiger partial charge in [-0.1, -0.05) is 6.08 Å². The van der Waals surface area contributed by atoms with Crippen molar-refractivity contribution in [3.63, 3.8) is 0 Å². The molecule has 2 aliphatic rings. The summed E-state index contributed by atoms with van der Waals surface area (Å²) in [6.07, 6.45) is 4.48. The molecule has 14 heavy (non-hydrogen) atoms. The fourth-order valence-corrected chi connectivity index (χ4v) is 3.11. The van der Waals surface area contributed by atoms with Crippen LogP contribution in [0.4, 0.5) is 0 Å². The van der Waals surface area contributed by atoms with Crippen LogP contribution >= 0.6 is 0 Å². The first-order valence-corrected chi connectivity index (χ1v) is 6.64. The van der Waals surface area contributed by atoms with E-state index in [2.05, 4.69) is 17.2 Å². The molecule has 78 valence electrons. The van der Waals surface area contributed by atoms with E-state index in [0.29, 0.717) is 0 Å². The molecule has 0 aromatic heterocycles. The zero-order valence-electron chi connectivity index (χ0n) is 8.07. The van der Waals surface area contributed by atoms with E-state index < -0.39 is 9.71 Å². The van der Waals surface area contributed by atoms with Crippen LogP contribution in [-0.4, -0.2) is 21.2 Å². The minimum absolute atomic E-state index is 0.00572. The maximum absolute atomic E-state index is 11.8. The third kappa shape index (κ3) is 1.85. The molecular formula is C10H15NO2S. The lowest BCUT2D eigenvalue weighted by Gasteiger charge is -2.09. The largest absolute Gasteiger partial charge is 0.283 e. The fraction of sp³-hybridized carbons (Fsp3) is 0.600. The number of hydrogen-bond acceptors (Lipinski definition) is 2. The molecule has 3 nitrogen and oxygen atoms in total. The first-order chi connectivity index (χ1) is 6.54. The summed E-state index contributed by atoms with van der Waals surface area (Å²) in [5.41, 5.74) is 0. The van der Waals surface area contributed by atoms with Crippen molar-refractivity contribution < 1.29 is 9.00 Å². The summed E-state index contributed by atoms with van der Waals surface area (Å²) < 4.78 is 14.4. The fourth-order valence-electron chi connectivity index (χ4n) is 1.55. The van der Waals surface area contributed by atoms with Crippen LogP contribution in [0, 0.1) is 11.8 Å². The summed E-state index contributed by atoms with van der Waals surface area (Å²) in [6, 6.07) is 0. The van der Waals surface area contributed by atoms with E-state index >= 15 is 0 Å². The number of carbonyl (C=O) groups is 1. The van der Waals surface area contributed by atoms with Crippen LogP contribution in [0.15, 0.2) is 12.7 Å². The molecule has 0 radical (unpaired) electrons. The van der Waals surface area contributed by atoms with Gasteiger partial charge >= 0.3 is 0 Å². The van der Waals surface area contributed by atoms with Crippen molar-refractivity contribution in [3.8, 4) is 0 Å². The van der Waals surface area contributed by atoms with Crippen LogP contribution in [0.3, 0.4) is 0 Å². The van der Waals surface area contributed by atoms with Gasteiger partial charge in [0.1, 0.15) is 0 Å². The molecule has 0 heterocycles. The minimum atomic E-state index is -2.36. The zero-order chi connectivity index (χ0) is 10.3. The van der Waals surface area contributed by atoms with Crippen molar-refractivity contribution in [3.05, 3.63) is 12.7 Å². The number of carbonyl (C=O) groups excluding carboxylic acids is 1. The molecule has 0 aromatic carbocycles. The number of amides is 1. The van der Waals surface area contributed by atoms with Gasteiger partial charge in [-0.25, -0.2) is 4.21 Å². The lowest BCUT2D eigenvalue weighted by atomic mass is 10.3. The van der Waals surface area contributed by atoms with E-state index in [1.165, 1.54) is 0 Å². The maximum Gasteiger partial charge on any atom is 0.234 e. The van der Waals surface area contributed by atoms with E-state index in [1.807, 2.05) is 0 Å². The van der Waals surface area contributed by atoms with E-state index in [4.69, 9.17) is 0 Å². The molecule has 0 bridgehead atoms. The first-order valence-electron chi connectivity index (χ1n) is 4.85. The second-order valence-electron chi connectivity index (χ2n) is 4.13. The van der Waals surface area contributed by atoms with Crippen molar-refractivity contribution in [2.45, 2.75) is 24.5 Å². The summed E-state index contributed by atoms with van der Waals surface area (Å²) in [4.78, 5) is 11.5. The standard InChI is InChI=1S/C10H15NO2S/c1-3-7-6-9(7)10(12)11-14(2,13)8-4-5-8/h3,7-9H,1-2,4-6H2,(H,11,12,13)/t7-,9+,14?/m1/s1. The van der Waals surface area contributed by atoms with Crippen LogP contribution < -0.4 is 4.72 Å². The predicted octanol–water partition coefficient (Wildman–Crippen LogP) is 0.718. The molecule has 1 amide bonds. The molecule has 0 aromatic rings. The molecule has 0 saturated heterocycles. The van der Waals surface area contributed by atoms with Crippen LogP contribution in [0.1, 0.15) is 19.3 Å². The third-order valence-electron chi connectivity index (χ3n) is 2.82. The zero-order valence-corrected chi connectivity index (χ0v) is 8.89. The van der Waals surface area contributed by atoms with Gasteiger partial charge in [0.25, 0.3) is 0 Å². The Labute approximate surface area is 84.7 Å². The Balaban J connectivity index is 1.92. The lowest BCUT2D eigenvalue weighted by Crippen LogP contribution is -2.34. The number of nitrogens with one attached hydrogen (secondary N) is 1. The van der Waals surface area contributed by atoms with Crippen LogP contribution in [0.25, 0.3) is 0 Å². The minimum Gasteiger partial charge on any atom is -0.283 e. The molecule has 2 fully saturated rings. The molecule has 1 unspecified atom stereocenters. The highest BCUT2D eigenvalue weighted by Crippen LogP contribution is 2.39. The average Bonchev–Trinajstić information content (AvgIpc) is 2.98. The number of allylic oxidation sites excluding steroid dienone is 1. The highest BCUT2D eigenvalue weighted by Gasteiger charge is 2.42. The second-order valence-corrected chi connectivity index (χ2v) is 6.46. The van der Waals surface area contributed by atoms with Crippen LogP contribution in [0.5, 0.6) is 0 Å². The Bertz CT molecular complexity index is 368. The first kappa shape index (κ1) is 9.77. The van der Waals surface area contributed by atoms with Gasteiger partial charge < -0.3 is 0 Å². The van der Waals surface area contributed by atoms with Crippen LogP contribution in [0.2, 0.25) is 0 Å². The molecule has 2 saturated carbocycles. The van der Waals surface area contributed by atoms with Gasteiger partial charge in [0, 0.05) is 11.2 Å². The summed E-state index contributed by atoms with van der Waals surface area (Å²) in [7, 11) is -2.36. The monoisotopic (exact) mass is 213 g/mol. The van der Waals surface area contributed by atoms with E-state index in [-0.39, 0.29) is 23.0 Å². The van der Waals surface area contributed by atoms with Crippen molar-refractivity contribution >= 4 is 21.5 Å². The van der Waals surface area contributed by atoms with Gasteiger partial charge in [0.2, 0.25) is 5.91 Å². The van der Waals surface area contributed by atoms with E-state index in [0.717, 1.165) is 19.3 Å². The van der Waals surface area contributed by atoms with Gasteiger partial charge in [-0.2, -0.15) is 0 Å². The molecule has 2 aliphatic carbocycles. The van der Waals surface area contributed by atoms with Crippen molar-refractivity contribution in [1.29, 1.82) is 0 Å². The van der Waals surface area contributed by atoms with Crippen molar-refractivity contribution in [1.82, 2.24) is 4.72 Å². The Kier molecular flexibility index (Phi) is 2.18. The number of rotatable bonds is 4. The molecular weight excluding hydrogens is 198 g/mol. The normalized spacial score (nSPS) is 34.3. The van der Waals surface area contributed by atoms with Gasteiger partial charge in [-0.05, 0) is 31.1 Å². The number of hydrogen-bond donors (Lipinski definition) is 1. The maximum atomic E-state index is 11.8. The Morgan fingerprint density at radius 1 is 1.50 bits per heavy atom. The van der Waals surface area contributed by atoms with E-state index in [9.17, 15) is 9.00 Å². The summed E-state index contributed by atoms with van der Waals surface area (Å²) in [5.74, 6) is 3.77. The SMILES string of the molecule is C=C[C@@H]1C[C@@H]1C(=O)NS(=C)(=O)C1CC1. The van der Waals surface area contributed by atoms with Crippen LogP contribution in [-0.2, 0) is 14.5 Å². The topological polar surface area (TPSA) is 46.2 Å². The van der Waals surface area contributed by atoms with Gasteiger partial charge in [0.15, 0.2) is 0 Å². The van der Waals surface area contributed by atoms with Gasteiger partial charge in [-0.3, -0.25) is 9.52 Å². The predicted molar refractivity (Wildman–Crippen MR) is 58.2 cm³/mol. The summed E-state index contributed by atoms with van der Waals surface area (Å²) >= 11 is 0. The smallest absolute Gasteiger partial charge is 0.234 e. The quantitative estimate of drug-likeness (QED) is 0.552. The molecule has 0 spiro atoms. The molecule has 3 atom stereocenters. The van der Waals surface area contributed by atoms with E-state index in [1.54, 1.807) is 6.08 Å². The summed E-state index contributed by atoms with van der Waals surface area (Å²) in [5, 5.41) is 0.118. The Morgan fingerprint density at radius 3 is 2.57 bits per heavy atom. The molecule has 2 rings (SSSR count). The highest BCUT2D eigenvalue weighted by molar-refractivity contribution is 7.99. The van der Waals surface area contributed by atoms with Gasteiger partial charge in [-0.15, -0.1) is 6.58 Å². The average molecular weight is 213 g/mol. The Hall–Kier alpha value is -0.770. The van der Waals surface area contributed by atoms with Crippen molar-refractivity contribution in [2.24, 2.45) is 11.8 Å². The van der Waals surface area contributed by atoms with Gasteiger partial charge in [0.05, 0.1) is 9.71 Å². The highest BCUT2D eigenvalue weighted by atomic mass is 32.2. The lowest BCUT2D eigenvalue weighted by molar-refractivity contribution is -0.120.